The summed E-state index contributed by atoms with van der Waals surface area (Å²) in [6, 6.07) is 2.32. The van der Waals surface area contributed by atoms with E-state index in [4.69, 9.17) is 0 Å². The van der Waals surface area contributed by atoms with E-state index in [-0.39, 0.29) is 12.1 Å². The highest BCUT2D eigenvalue weighted by Crippen LogP contribution is 2.30. The molecular weight excluding hydrogens is 306 g/mol. The molecule has 4 nitrogen and oxygen atoms in total. The first kappa shape index (κ1) is 18.3. The molecule has 5 heteroatoms. The number of nitrogens with one attached hydrogen (secondary N) is 2. The predicted octanol–water partition coefficient (Wildman–Crippen LogP) is 3.87. The number of thiophene rings is 1. The number of hydrogen-bond acceptors (Lipinski definition) is 3. The van der Waals surface area contributed by atoms with Crippen LogP contribution in [-0.2, 0) is 0 Å². The molecule has 1 aliphatic rings. The lowest BCUT2D eigenvalue weighted by atomic mass is 9.80. The summed E-state index contributed by atoms with van der Waals surface area (Å²) in [5.41, 5.74) is 1.26. The van der Waals surface area contributed by atoms with E-state index in [2.05, 4.69) is 53.4 Å². The van der Waals surface area contributed by atoms with E-state index in [0.29, 0.717) is 12.5 Å². The van der Waals surface area contributed by atoms with Crippen LogP contribution in [0.3, 0.4) is 0 Å². The van der Waals surface area contributed by atoms with Crippen LogP contribution in [0.2, 0.25) is 0 Å². The fourth-order valence-corrected chi connectivity index (χ4v) is 4.22. The molecule has 0 bridgehead atoms. The maximum absolute atomic E-state index is 12.1. The molecule has 0 aromatic carbocycles. The Bertz CT molecular complexity index is 461. The third-order valence-electron chi connectivity index (χ3n) is 5.03. The minimum atomic E-state index is -0.0364. The lowest BCUT2D eigenvalue weighted by molar-refractivity contribution is 0.222. The van der Waals surface area contributed by atoms with Crippen LogP contribution in [0.5, 0.6) is 0 Å². The zero-order valence-electron chi connectivity index (χ0n) is 14.7. The topological polar surface area (TPSA) is 44.4 Å². The average molecular weight is 338 g/mol. The smallest absolute Gasteiger partial charge is 0.314 e. The molecule has 1 aliphatic carbocycles. The second kappa shape index (κ2) is 9.28. The molecule has 1 heterocycles. The summed E-state index contributed by atoms with van der Waals surface area (Å²) in [5.74, 6) is 1.51. The van der Waals surface area contributed by atoms with Crippen LogP contribution in [0.15, 0.2) is 16.8 Å². The lowest BCUT2D eigenvalue weighted by Crippen LogP contribution is -2.42. The summed E-state index contributed by atoms with van der Waals surface area (Å²) < 4.78 is 0. The van der Waals surface area contributed by atoms with Gasteiger partial charge in [-0.2, -0.15) is 11.3 Å². The highest BCUT2D eigenvalue weighted by atomic mass is 32.1. The molecule has 1 aromatic rings. The van der Waals surface area contributed by atoms with E-state index in [1.54, 1.807) is 11.3 Å². The molecule has 2 N–H and O–H groups in total. The maximum atomic E-state index is 12.1. The third-order valence-corrected chi connectivity index (χ3v) is 5.73. The number of carbonyl (C=O) groups excluding carboxylic acids is 1. The second-order valence-corrected chi connectivity index (χ2v) is 7.71. The molecule has 2 rings (SSSR count). The van der Waals surface area contributed by atoms with Gasteiger partial charge < -0.3 is 15.5 Å². The van der Waals surface area contributed by atoms with Gasteiger partial charge >= 0.3 is 6.03 Å². The number of likely N-dealkylation sites (N-methyl/N-ethyl adjacent to an activating group) is 1. The zero-order chi connectivity index (χ0) is 16.7. The van der Waals surface area contributed by atoms with Crippen molar-refractivity contribution in [3.05, 3.63) is 22.4 Å². The lowest BCUT2D eigenvalue weighted by Gasteiger charge is -2.29. The molecule has 2 amide bonds. The summed E-state index contributed by atoms with van der Waals surface area (Å²) >= 11 is 1.70. The normalized spacial score (nSPS) is 22.8. The van der Waals surface area contributed by atoms with E-state index < -0.39 is 0 Å². The van der Waals surface area contributed by atoms with E-state index in [1.165, 1.54) is 37.7 Å². The van der Waals surface area contributed by atoms with Crippen molar-refractivity contribution in [1.82, 2.24) is 15.5 Å². The zero-order valence-corrected chi connectivity index (χ0v) is 15.5. The summed E-state index contributed by atoms with van der Waals surface area (Å²) in [4.78, 5) is 14.2. The number of urea groups is 1. The molecule has 1 saturated carbocycles. The fourth-order valence-electron chi connectivity index (χ4n) is 3.51. The highest BCUT2D eigenvalue weighted by Gasteiger charge is 2.21. The van der Waals surface area contributed by atoms with Crippen molar-refractivity contribution in [2.45, 2.75) is 45.1 Å². The highest BCUT2D eigenvalue weighted by molar-refractivity contribution is 7.07. The molecule has 0 saturated heterocycles. The third kappa shape index (κ3) is 5.81. The molecular formula is C18H31N3OS. The summed E-state index contributed by atoms with van der Waals surface area (Å²) in [6.07, 6.45) is 6.48. The number of carbonyl (C=O) groups is 1. The van der Waals surface area contributed by atoms with Gasteiger partial charge in [-0.15, -0.1) is 0 Å². The fraction of sp³-hybridized carbons (Fsp3) is 0.722. The quantitative estimate of drug-likeness (QED) is 0.793. The summed E-state index contributed by atoms with van der Waals surface area (Å²) in [6.45, 7) is 3.73. The first-order chi connectivity index (χ1) is 11.1. The van der Waals surface area contributed by atoms with Gasteiger partial charge in [0.05, 0.1) is 6.04 Å². The van der Waals surface area contributed by atoms with E-state index in [1.807, 2.05) is 0 Å². The van der Waals surface area contributed by atoms with Crippen molar-refractivity contribution in [2.24, 2.45) is 11.8 Å². The van der Waals surface area contributed by atoms with Crippen molar-refractivity contribution >= 4 is 17.4 Å². The van der Waals surface area contributed by atoms with Crippen molar-refractivity contribution in [3.8, 4) is 0 Å². The predicted molar refractivity (Wildman–Crippen MR) is 97.9 cm³/mol. The van der Waals surface area contributed by atoms with Gasteiger partial charge in [0.25, 0.3) is 0 Å². The number of amides is 2. The van der Waals surface area contributed by atoms with Crippen LogP contribution >= 0.6 is 11.3 Å². The monoisotopic (exact) mass is 337 g/mol. The maximum Gasteiger partial charge on any atom is 0.314 e. The largest absolute Gasteiger partial charge is 0.338 e. The molecule has 0 radical (unpaired) electrons. The Hall–Kier alpha value is -1.07. The van der Waals surface area contributed by atoms with Crippen LogP contribution in [-0.4, -0.2) is 38.1 Å². The van der Waals surface area contributed by atoms with Crippen molar-refractivity contribution < 1.29 is 4.79 Å². The van der Waals surface area contributed by atoms with Gasteiger partial charge in [0.2, 0.25) is 0 Å². The van der Waals surface area contributed by atoms with Gasteiger partial charge in [-0.05, 0) is 61.2 Å². The van der Waals surface area contributed by atoms with Gasteiger partial charge in [-0.25, -0.2) is 4.79 Å². The van der Waals surface area contributed by atoms with Gasteiger partial charge in [-0.3, -0.25) is 0 Å². The van der Waals surface area contributed by atoms with E-state index in [9.17, 15) is 4.79 Å². The first-order valence-electron chi connectivity index (χ1n) is 8.80. The molecule has 1 fully saturated rings. The van der Waals surface area contributed by atoms with Gasteiger partial charge in [-0.1, -0.05) is 26.2 Å². The van der Waals surface area contributed by atoms with Crippen molar-refractivity contribution in [2.75, 3.05) is 27.2 Å². The van der Waals surface area contributed by atoms with Crippen LogP contribution in [0.25, 0.3) is 0 Å². The molecule has 3 atom stereocenters. The summed E-state index contributed by atoms with van der Waals surface area (Å²) in [5, 5.41) is 10.3. The van der Waals surface area contributed by atoms with Crippen molar-refractivity contribution in [1.29, 1.82) is 0 Å². The molecule has 3 unspecified atom stereocenters. The Morgan fingerprint density at radius 1 is 1.35 bits per heavy atom. The van der Waals surface area contributed by atoms with Crippen LogP contribution in [0.1, 0.15) is 50.6 Å². The molecule has 23 heavy (non-hydrogen) atoms. The Morgan fingerprint density at radius 2 is 2.13 bits per heavy atom. The standard InChI is InChI=1S/C18H31N3OS/c1-4-14-6-5-7-15(10-14)11-19-18(22)20-12-17(21(2)3)16-8-9-23-13-16/h8-9,13-15,17H,4-7,10-12H2,1-3H3,(H2,19,20,22). The minimum Gasteiger partial charge on any atom is -0.338 e. The van der Waals surface area contributed by atoms with E-state index >= 15 is 0 Å². The van der Waals surface area contributed by atoms with Crippen LogP contribution < -0.4 is 10.6 Å². The summed E-state index contributed by atoms with van der Waals surface area (Å²) in [7, 11) is 4.10. The minimum absolute atomic E-state index is 0.0364. The first-order valence-corrected chi connectivity index (χ1v) is 9.74. The Balaban J connectivity index is 1.72. The van der Waals surface area contributed by atoms with Crippen molar-refractivity contribution in [3.63, 3.8) is 0 Å². The molecule has 0 aliphatic heterocycles. The number of nitrogens with zero attached hydrogens (tertiary/aromatic N) is 1. The molecule has 1 aromatic heterocycles. The van der Waals surface area contributed by atoms with Gasteiger partial charge in [0.1, 0.15) is 0 Å². The van der Waals surface area contributed by atoms with Gasteiger partial charge in [0, 0.05) is 13.1 Å². The Morgan fingerprint density at radius 3 is 2.78 bits per heavy atom. The Labute approximate surface area is 144 Å². The van der Waals surface area contributed by atoms with Gasteiger partial charge in [0.15, 0.2) is 0 Å². The van der Waals surface area contributed by atoms with E-state index in [0.717, 1.165) is 12.5 Å². The molecule has 0 spiro atoms. The second-order valence-electron chi connectivity index (χ2n) is 6.93. The SMILES string of the molecule is CCC1CCCC(CNC(=O)NCC(c2ccsc2)N(C)C)C1. The van der Waals surface area contributed by atoms with Crippen LogP contribution in [0.4, 0.5) is 4.79 Å². The molecule has 130 valence electrons. The average Bonchev–Trinajstić information content (AvgIpc) is 3.07. The Kier molecular flexibility index (Phi) is 7.37. The van der Waals surface area contributed by atoms with Crippen LogP contribution in [0, 0.1) is 11.8 Å². The number of rotatable bonds is 7. The number of hydrogen-bond donors (Lipinski definition) is 2.